The molecule has 0 aromatic rings. The Bertz CT molecular complexity index is 776. The molecule has 2 atom stereocenters. The van der Waals surface area contributed by atoms with E-state index in [1.165, 1.54) is 35.1 Å². The molecule has 3 aliphatic rings. The molecule has 0 aromatic carbocycles. The van der Waals surface area contributed by atoms with E-state index in [1.807, 2.05) is 20.8 Å². The zero-order valence-electron chi connectivity index (χ0n) is 20.8. The Kier molecular flexibility index (Phi) is 9.40. The minimum absolute atomic E-state index is 0.215. The second-order valence-corrected chi connectivity index (χ2v) is 13.5. The average Bonchev–Trinajstić information content (AvgIpc) is 3.06. The summed E-state index contributed by atoms with van der Waals surface area (Å²) in [5.41, 5.74) is 5.57. The Morgan fingerprint density at radius 3 is 1.76 bits per heavy atom. The molecule has 0 saturated carbocycles. The summed E-state index contributed by atoms with van der Waals surface area (Å²) in [7, 11) is 0. The van der Waals surface area contributed by atoms with Crippen LogP contribution in [0.5, 0.6) is 0 Å². The predicted molar refractivity (Wildman–Crippen MR) is 122 cm³/mol. The molecule has 0 heterocycles. The minimum atomic E-state index is -4.72. The number of rotatable bonds is 10. The van der Waals surface area contributed by atoms with Crippen molar-refractivity contribution in [3.63, 3.8) is 0 Å². The molecule has 0 radical (unpaired) electrons. The van der Waals surface area contributed by atoms with Crippen LogP contribution in [-0.2, 0) is 42.1 Å². The quantitative estimate of drug-likeness (QED) is 0.313. The molecule has 0 bridgehead atoms. The Morgan fingerprint density at radius 2 is 1.24 bits per heavy atom. The van der Waals surface area contributed by atoms with E-state index in [2.05, 4.69) is 6.92 Å². The summed E-state index contributed by atoms with van der Waals surface area (Å²) in [6.45, 7) is 7.94. The van der Waals surface area contributed by atoms with Crippen molar-refractivity contribution in [2.45, 2.75) is 115 Å². The first kappa shape index (κ1) is 26.2. The Morgan fingerprint density at radius 1 is 0.758 bits per heavy atom. The van der Waals surface area contributed by atoms with Crippen LogP contribution in [0.25, 0.3) is 0 Å². The average molecular weight is 496 g/mol. The van der Waals surface area contributed by atoms with E-state index in [1.54, 1.807) is 0 Å². The molecular weight excluding hydrogens is 456 g/mol. The summed E-state index contributed by atoms with van der Waals surface area (Å²) in [6, 6.07) is 0. The summed E-state index contributed by atoms with van der Waals surface area (Å²) < 4.78 is 17.9. The summed E-state index contributed by atoms with van der Waals surface area (Å²) in [6.07, 6.45) is 9.72. The molecule has 0 aromatic heterocycles. The van der Waals surface area contributed by atoms with E-state index in [0.29, 0.717) is 19.3 Å². The fourth-order valence-corrected chi connectivity index (χ4v) is 10.7. The maximum absolute atomic E-state index is 12.8. The summed E-state index contributed by atoms with van der Waals surface area (Å²) >= 11 is -4.72. The van der Waals surface area contributed by atoms with Crippen LogP contribution >= 0.6 is 0 Å². The molecule has 33 heavy (non-hydrogen) atoms. The molecule has 6 nitrogen and oxygen atoms in total. The van der Waals surface area contributed by atoms with Gasteiger partial charge in [0.2, 0.25) is 0 Å². The van der Waals surface area contributed by atoms with Gasteiger partial charge >= 0.3 is 204 Å². The van der Waals surface area contributed by atoms with Crippen molar-refractivity contribution in [2.75, 3.05) is 0 Å². The van der Waals surface area contributed by atoms with E-state index in [9.17, 15) is 14.4 Å². The number of carbonyl (C=O) groups is 3. The Labute approximate surface area is 203 Å². The van der Waals surface area contributed by atoms with Gasteiger partial charge in [0, 0.05) is 0 Å². The fourth-order valence-electron chi connectivity index (χ4n) is 5.70. The van der Waals surface area contributed by atoms with Crippen LogP contribution in [0.3, 0.4) is 0 Å². The molecule has 2 unspecified atom stereocenters. The maximum atomic E-state index is 12.8. The summed E-state index contributed by atoms with van der Waals surface area (Å²) in [4.78, 5) is 38.5. The van der Waals surface area contributed by atoms with Gasteiger partial charge in [0.25, 0.3) is 0 Å². The van der Waals surface area contributed by atoms with Gasteiger partial charge in [-0.1, -0.05) is 0 Å². The normalized spacial score (nSPS) is 22.5. The van der Waals surface area contributed by atoms with Crippen LogP contribution in [0.15, 0.2) is 22.3 Å². The summed E-state index contributed by atoms with van der Waals surface area (Å²) in [5, 5.41) is 0. The second-order valence-electron chi connectivity index (χ2n) is 9.59. The van der Waals surface area contributed by atoms with Crippen LogP contribution in [0, 0.1) is 5.92 Å². The molecule has 0 saturated heterocycles. The first-order valence-corrected chi connectivity index (χ1v) is 15.8. The first-order chi connectivity index (χ1) is 15.9. The molecule has 0 spiro atoms. The standard InChI is InChI=1S/C14H19.3C4H8O2.Ti/c1-10-11-6-2-4-8-13(11)14-9-5-3-7-12(10)14;3*1-2-3-4(5)6;/h6,10H,2-5,7-9H2,1H3;3*2-3H2,1H3,(H,5,6);/q;;;;+3/p-3. The molecule has 7 heteroatoms. The number of fused-ring (bicyclic) bond motifs is 1. The first-order valence-electron chi connectivity index (χ1n) is 13.0. The zero-order valence-corrected chi connectivity index (χ0v) is 22.4. The van der Waals surface area contributed by atoms with Gasteiger partial charge in [-0.2, -0.15) is 0 Å². The third-order valence-electron chi connectivity index (χ3n) is 7.06. The van der Waals surface area contributed by atoms with E-state index in [0.717, 1.165) is 32.1 Å². The zero-order chi connectivity index (χ0) is 24.0. The number of allylic oxidation sites excluding steroid dienone is 4. The topological polar surface area (TPSA) is 78.9 Å². The Balaban J connectivity index is 2.07. The van der Waals surface area contributed by atoms with Crippen molar-refractivity contribution >= 4 is 17.9 Å². The van der Waals surface area contributed by atoms with E-state index >= 15 is 0 Å². The van der Waals surface area contributed by atoms with Crippen molar-refractivity contribution in [3.05, 3.63) is 22.3 Å². The third-order valence-corrected chi connectivity index (χ3v) is 11.7. The van der Waals surface area contributed by atoms with E-state index in [-0.39, 0.29) is 29.4 Å². The molecule has 0 aliphatic heterocycles. The monoisotopic (exact) mass is 496 g/mol. The van der Waals surface area contributed by atoms with Crippen LogP contribution in [0.4, 0.5) is 0 Å². The van der Waals surface area contributed by atoms with Crippen molar-refractivity contribution in [1.82, 2.24) is 0 Å². The van der Waals surface area contributed by atoms with Gasteiger partial charge in [0.1, 0.15) is 0 Å². The van der Waals surface area contributed by atoms with Crippen LogP contribution < -0.4 is 0 Å². The number of hydrogen-bond acceptors (Lipinski definition) is 6. The van der Waals surface area contributed by atoms with Gasteiger partial charge in [-0.05, 0) is 0 Å². The molecule has 3 aliphatic carbocycles. The van der Waals surface area contributed by atoms with Crippen molar-refractivity contribution in [3.8, 4) is 0 Å². The van der Waals surface area contributed by atoms with Gasteiger partial charge < -0.3 is 0 Å². The van der Waals surface area contributed by atoms with E-state index in [4.69, 9.17) is 9.96 Å². The van der Waals surface area contributed by atoms with Gasteiger partial charge in [0.15, 0.2) is 0 Å². The van der Waals surface area contributed by atoms with Gasteiger partial charge in [-0.25, -0.2) is 0 Å². The SMILES string of the molecule is CCCC(=O)[O][Ti]([O]C(=O)CCC)([O]C(=O)CCC)[CH]1CCCC2=C1C(C)C1=C2CCCC1. The number of hydrogen-bond donors (Lipinski definition) is 0. The van der Waals surface area contributed by atoms with Crippen molar-refractivity contribution < 1.29 is 42.1 Å². The Hall–Kier alpha value is -1.40. The fraction of sp³-hybridized carbons (Fsp3) is 0.731. The van der Waals surface area contributed by atoms with E-state index < -0.39 is 35.7 Å². The molecular formula is C26H40O6Ti. The predicted octanol–water partition coefficient (Wildman–Crippen LogP) is 6.70. The molecule has 184 valence electrons. The van der Waals surface area contributed by atoms with Crippen molar-refractivity contribution in [1.29, 1.82) is 0 Å². The van der Waals surface area contributed by atoms with Crippen LogP contribution in [-0.4, -0.2) is 17.9 Å². The van der Waals surface area contributed by atoms with Crippen molar-refractivity contribution in [2.24, 2.45) is 5.92 Å². The molecule has 0 amide bonds. The van der Waals surface area contributed by atoms with Gasteiger partial charge in [-0.3, -0.25) is 0 Å². The molecule has 3 rings (SSSR count). The van der Waals surface area contributed by atoms with Crippen LogP contribution in [0.2, 0.25) is 4.22 Å². The molecule has 0 N–H and O–H groups in total. The molecule has 0 fully saturated rings. The number of carbonyl (C=O) groups excluding carboxylic acids is 3. The van der Waals surface area contributed by atoms with Gasteiger partial charge in [-0.15, -0.1) is 0 Å². The third kappa shape index (κ3) is 5.82. The summed E-state index contributed by atoms with van der Waals surface area (Å²) in [5.74, 6) is -1.06. The van der Waals surface area contributed by atoms with Gasteiger partial charge in [0.05, 0.1) is 0 Å². The second kappa shape index (κ2) is 11.8. The van der Waals surface area contributed by atoms with Crippen LogP contribution in [0.1, 0.15) is 111 Å².